The molecule has 74 valence electrons. The van der Waals surface area contributed by atoms with Gasteiger partial charge >= 0.3 is 0 Å². The van der Waals surface area contributed by atoms with Crippen LogP contribution in [0.4, 0.5) is 0 Å². The Morgan fingerprint density at radius 1 is 1.50 bits per heavy atom. The van der Waals surface area contributed by atoms with Crippen molar-refractivity contribution < 1.29 is 4.42 Å². The third-order valence-corrected chi connectivity index (χ3v) is 3.25. The number of thiazole rings is 1. The van der Waals surface area contributed by atoms with Gasteiger partial charge in [-0.1, -0.05) is 0 Å². The minimum Gasteiger partial charge on any atom is -0.467 e. The van der Waals surface area contributed by atoms with E-state index in [0.29, 0.717) is 0 Å². The average molecular weight is 273 g/mol. The van der Waals surface area contributed by atoms with Crippen molar-refractivity contribution in [3.8, 4) is 0 Å². The van der Waals surface area contributed by atoms with Crippen molar-refractivity contribution in [1.29, 1.82) is 0 Å². The van der Waals surface area contributed by atoms with Crippen LogP contribution >= 0.6 is 27.3 Å². The predicted molar refractivity (Wildman–Crippen MR) is 59.1 cm³/mol. The molecule has 0 atom stereocenters. The molecule has 0 aliphatic carbocycles. The van der Waals surface area contributed by atoms with Crippen molar-refractivity contribution >= 4 is 27.3 Å². The lowest BCUT2D eigenvalue weighted by Gasteiger charge is -1.99. The van der Waals surface area contributed by atoms with Gasteiger partial charge in [0.25, 0.3) is 0 Å². The molecule has 0 saturated heterocycles. The minimum atomic E-state index is 0.728. The number of rotatable bonds is 4. The summed E-state index contributed by atoms with van der Waals surface area (Å²) in [6.07, 6.45) is 3.54. The van der Waals surface area contributed by atoms with Crippen LogP contribution in [-0.2, 0) is 13.1 Å². The van der Waals surface area contributed by atoms with E-state index in [1.165, 1.54) is 4.88 Å². The fourth-order valence-corrected chi connectivity index (χ4v) is 1.99. The lowest BCUT2D eigenvalue weighted by Crippen LogP contribution is -2.11. The first-order chi connectivity index (χ1) is 6.86. The van der Waals surface area contributed by atoms with E-state index in [1.807, 2.05) is 17.8 Å². The molecule has 0 aromatic carbocycles. The Bertz CT molecular complexity index is 385. The number of nitrogens with one attached hydrogen (secondary N) is 1. The molecule has 0 aliphatic heterocycles. The summed E-state index contributed by atoms with van der Waals surface area (Å²) in [5, 5.41) is 3.28. The molecule has 14 heavy (non-hydrogen) atoms. The number of halogens is 1. The largest absolute Gasteiger partial charge is 0.467 e. The van der Waals surface area contributed by atoms with E-state index >= 15 is 0 Å². The van der Waals surface area contributed by atoms with Gasteiger partial charge in [-0.25, -0.2) is 0 Å². The Hall–Kier alpha value is -0.650. The predicted octanol–water partition coefficient (Wildman–Crippen LogP) is 2.79. The van der Waals surface area contributed by atoms with Crippen molar-refractivity contribution in [2.24, 2.45) is 0 Å². The Morgan fingerprint density at radius 3 is 3.07 bits per heavy atom. The number of aromatic nitrogens is 1. The summed E-state index contributed by atoms with van der Waals surface area (Å²) in [7, 11) is 0. The zero-order valence-electron chi connectivity index (χ0n) is 7.37. The number of furan rings is 1. The van der Waals surface area contributed by atoms with E-state index in [1.54, 1.807) is 17.6 Å². The SMILES string of the molecule is Brc1ccoc1CNCc1cncs1. The summed E-state index contributed by atoms with van der Waals surface area (Å²) in [5.41, 5.74) is 1.83. The molecule has 0 saturated carbocycles. The van der Waals surface area contributed by atoms with Crippen molar-refractivity contribution in [2.75, 3.05) is 0 Å². The van der Waals surface area contributed by atoms with Gasteiger partial charge in [0.15, 0.2) is 0 Å². The van der Waals surface area contributed by atoms with Crippen LogP contribution in [0.5, 0.6) is 0 Å². The van der Waals surface area contributed by atoms with Crippen molar-refractivity contribution in [3.63, 3.8) is 0 Å². The molecule has 2 rings (SSSR count). The van der Waals surface area contributed by atoms with Gasteiger partial charge in [-0.15, -0.1) is 11.3 Å². The highest BCUT2D eigenvalue weighted by Crippen LogP contribution is 2.17. The first-order valence-electron chi connectivity index (χ1n) is 4.16. The molecule has 5 heteroatoms. The maximum atomic E-state index is 5.26. The molecule has 3 nitrogen and oxygen atoms in total. The zero-order chi connectivity index (χ0) is 9.80. The van der Waals surface area contributed by atoms with Gasteiger partial charge in [-0.05, 0) is 22.0 Å². The molecule has 0 unspecified atom stereocenters. The van der Waals surface area contributed by atoms with E-state index in [9.17, 15) is 0 Å². The summed E-state index contributed by atoms with van der Waals surface area (Å²) in [5.74, 6) is 0.925. The van der Waals surface area contributed by atoms with Crippen LogP contribution in [-0.4, -0.2) is 4.98 Å². The highest BCUT2D eigenvalue weighted by Gasteiger charge is 2.02. The van der Waals surface area contributed by atoms with Crippen LogP contribution in [0.15, 0.2) is 32.9 Å². The van der Waals surface area contributed by atoms with Gasteiger partial charge in [0.2, 0.25) is 0 Å². The van der Waals surface area contributed by atoms with Gasteiger partial charge in [0, 0.05) is 17.6 Å². The summed E-state index contributed by atoms with van der Waals surface area (Å²) in [6.45, 7) is 1.56. The van der Waals surface area contributed by atoms with Crippen LogP contribution in [0.1, 0.15) is 10.6 Å². The Morgan fingerprint density at radius 2 is 2.43 bits per heavy atom. The van der Waals surface area contributed by atoms with E-state index in [4.69, 9.17) is 4.42 Å². The fourth-order valence-electron chi connectivity index (χ4n) is 1.08. The lowest BCUT2D eigenvalue weighted by molar-refractivity contribution is 0.481. The molecule has 0 spiro atoms. The molecule has 0 fully saturated rings. The molecule has 0 radical (unpaired) electrons. The van der Waals surface area contributed by atoms with Gasteiger partial charge in [0.1, 0.15) is 5.76 Å². The number of hydrogen-bond acceptors (Lipinski definition) is 4. The topological polar surface area (TPSA) is 38.1 Å². The van der Waals surface area contributed by atoms with Crippen LogP contribution in [0.2, 0.25) is 0 Å². The van der Waals surface area contributed by atoms with Gasteiger partial charge in [-0.2, -0.15) is 0 Å². The quantitative estimate of drug-likeness (QED) is 0.930. The van der Waals surface area contributed by atoms with E-state index < -0.39 is 0 Å². The number of nitrogens with zero attached hydrogens (tertiary/aromatic N) is 1. The van der Waals surface area contributed by atoms with Crippen LogP contribution in [0.3, 0.4) is 0 Å². The molecule has 0 aliphatic rings. The maximum Gasteiger partial charge on any atom is 0.131 e. The molecule has 0 bridgehead atoms. The number of hydrogen-bond donors (Lipinski definition) is 1. The van der Waals surface area contributed by atoms with Gasteiger partial charge in [0.05, 0.1) is 22.8 Å². The van der Waals surface area contributed by atoms with Crippen LogP contribution in [0.25, 0.3) is 0 Å². The molecular weight excluding hydrogens is 264 g/mol. The Balaban J connectivity index is 1.81. The third-order valence-electron chi connectivity index (χ3n) is 1.76. The standard InChI is InChI=1S/C9H9BrN2OS/c10-8-1-2-13-9(8)5-11-3-7-4-12-6-14-7/h1-2,4,6,11H,3,5H2. The van der Waals surface area contributed by atoms with Crippen molar-refractivity contribution in [3.05, 3.63) is 39.1 Å². The van der Waals surface area contributed by atoms with Crippen molar-refractivity contribution in [1.82, 2.24) is 10.3 Å². The minimum absolute atomic E-state index is 0.728. The molecule has 2 aromatic heterocycles. The third kappa shape index (κ3) is 2.43. The summed E-state index contributed by atoms with van der Waals surface area (Å²) in [4.78, 5) is 5.23. The molecule has 0 amide bonds. The van der Waals surface area contributed by atoms with Crippen LogP contribution in [0, 0.1) is 0 Å². The monoisotopic (exact) mass is 272 g/mol. The van der Waals surface area contributed by atoms with E-state index in [0.717, 1.165) is 23.3 Å². The average Bonchev–Trinajstić information content (AvgIpc) is 2.78. The van der Waals surface area contributed by atoms with Crippen molar-refractivity contribution in [2.45, 2.75) is 13.1 Å². The van der Waals surface area contributed by atoms with E-state index in [-0.39, 0.29) is 0 Å². The highest BCUT2D eigenvalue weighted by atomic mass is 79.9. The second kappa shape index (κ2) is 4.72. The summed E-state index contributed by atoms with van der Waals surface area (Å²) < 4.78 is 6.27. The normalized spacial score (nSPS) is 10.6. The maximum absolute atomic E-state index is 5.26. The fraction of sp³-hybridized carbons (Fsp3) is 0.222. The highest BCUT2D eigenvalue weighted by molar-refractivity contribution is 9.10. The summed E-state index contributed by atoms with van der Waals surface area (Å²) in [6, 6.07) is 1.89. The van der Waals surface area contributed by atoms with E-state index in [2.05, 4.69) is 26.2 Å². The Labute approximate surface area is 94.3 Å². The van der Waals surface area contributed by atoms with Gasteiger partial charge < -0.3 is 9.73 Å². The molecule has 1 N–H and O–H groups in total. The second-order valence-electron chi connectivity index (χ2n) is 2.76. The van der Waals surface area contributed by atoms with Crippen LogP contribution < -0.4 is 5.32 Å². The molecular formula is C9H9BrN2OS. The first-order valence-corrected chi connectivity index (χ1v) is 5.83. The smallest absolute Gasteiger partial charge is 0.131 e. The Kier molecular flexibility index (Phi) is 3.34. The zero-order valence-corrected chi connectivity index (χ0v) is 9.77. The second-order valence-corrected chi connectivity index (χ2v) is 4.59. The summed E-state index contributed by atoms with van der Waals surface area (Å²) >= 11 is 5.05. The van der Waals surface area contributed by atoms with Gasteiger partial charge in [-0.3, -0.25) is 4.98 Å². The molecule has 2 aromatic rings. The lowest BCUT2D eigenvalue weighted by atomic mass is 10.4. The molecule has 2 heterocycles. The first kappa shape index (κ1) is 9.89.